The highest BCUT2D eigenvalue weighted by Crippen LogP contribution is 2.34. The van der Waals surface area contributed by atoms with E-state index in [2.05, 4.69) is 5.32 Å². The normalized spacial score (nSPS) is 14.5. The third kappa shape index (κ3) is 6.13. The van der Waals surface area contributed by atoms with Gasteiger partial charge in [0.2, 0.25) is 5.91 Å². The highest BCUT2D eigenvalue weighted by atomic mass is 32.2. The fourth-order valence-corrected chi connectivity index (χ4v) is 3.88. The first kappa shape index (κ1) is 23.9. The summed E-state index contributed by atoms with van der Waals surface area (Å²) in [6.45, 7) is 1.31. The van der Waals surface area contributed by atoms with Crippen LogP contribution in [0.1, 0.15) is 17.5 Å². The van der Waals surface area contributed by atoms with E-state index in [0.29, 0.717) is 11.3 Å². The van der Waals surface area contributed by atoms with Gasteiger partial charge in [0, 0.05) is 18.7 Å². The molecule has 0 atom stereocenters. The molecule has 3 amide bonds. The zero-order chi connectivity index (χ0) is 24.0. The van der Waals surface area contributed by atoms with Gasteiger partial charge in [0.05, 0.1) is 12.0 Å². The number of benzene rings is 2. The molecular weight excluding hydrogens is 448 g/mol. The number of rotatable bonds is 9. The average Bonchev–Trinajstić information content (AvgIpc) is 3.05. The number of aliphatic carboxylic acids is 1. The molecule has 1 fully saturated rings. The van der Waals surface area contributed by atoms with Crippen molar-refractivity contribution in [1.29, 1.82) is 0 Å². The first-order valence-electron chi connectivity index (χ1n) is 9.92. The summed E-state index contributed by atoms with van der Waals surface area (Å²) in [5, 5.41) is 11.1. The minimum absolute atomic E-state index is 0.0247. The highest BCUT2D eigenvalue weighted by molar-refractivity contribution is 8.18. The van der Waals surface area contributed by atoms with Gasteiger partial charge in [-0.25, -0.2) is 4.79 Å². The lowest BCUT2D eigenvalue weighted by Gasteiger charge is -2.13. The number of ether oxygens (including phenoxy) is 2. The van der Waals surface area contributed by atoms with Crippen molar-refractivity contribution in [3.8, 4) is 11.5 Å². The second kappa shape index (κ2) is 10.7. The Morgan fingerprint density at radius 1 is 1.15 bits per heavy atom. The Morgan fingerprint density at radius 2 is 1.91 bits per heavy atom. The van der Waals surface area contributed by atoms with E-state index in [1.54, 1.807) is 18.2 Å². The number of nitrogens with one attached hydrogen (secondary N) is 1. The van der Waals surface area contributed by atoms with Gasteiger partial charge in [0.25, 0.3) is 11.1 Å². The van der Waals surface area contributed by atoms with Crippen LogP contribution >= 0.6 is 11.8 Å². The maximum absolute atomic E-state index is 12.7. The minimum atomic E-state index is -1.12. The van der Waals surface area contributed by atoms with E-state index >= 15 is 0 Å². The molecule has 1 aliphatic heterocycles. The zero-order valence-electron chi connectivity index (χ0n) is 18.0. The number of carboxylic acids is 1. The molecule has 9 nitrogen and oxygen atoms in total. The molecule has 2 N–H and O–H groups in total. The molecule has 172 valence electrons. The first-order valence-corrected chi connectivity index (χ1v) is 10.7. The molecule has 1 heterocycles. The molecule has 0 unspecified atom stereocenters. The number of thioether (sulfide) groups is 1. The molecule has 1 saturated heterocycles. The minimum Gasteiger partial charge on any atom is -0.493 e. The van der Waals surface area contributed by atoms with Crippen LogP contribution in [0.4, 0.5) is 10.5 Å². The molecule has 0 bridgehead atoms. The highest BCUT2D eigenvalue weighted by Gasteiger charge is 2.35. The number of hydrogen-bond acceptors (Lipinski definition) is 7. The van der Waals surface area contributed by atoms with Crippen LogP contribution in [0.15, 0.2) is 47.4 Å². The number of hydrogen-bond donors (Lipinski definition) is 2. The summed E-state index contributed by atoms with van der Waals surface area (Å²) in [6, 6.07) is 12.0. The number of nitrogens with zero attached hydrogens (tertiary/aromatic N) is 1. The summed E-state index contributed by atoms with van der Waals surface area (Å²) in [6.07, 6.45) is 1.50. The molecule has 0 aromatic heterocycles. The van der Waals surface area contributed by atoms with Crippen molar-refractivity contribution < 1.29 is 33.8 Å². The fourth-order valence-electron chi connectivity index (χ4n) is 3.02. The summed E-state index contributed by atoms with van der Waals surface area (Å²) in [5.41, 5.74) is 2.16. The summed E-state index contributed by atoms with van der Waals surface area (Å²) in [7, 11) is 1.41. The Bertz CT molecular complexity index is 1130. The third-order valence-corrected chi connectivity index (χ3v) is 5.60. The van der Waals surface area contributed by atoms with Crippen molar-refractivity contribution in [3.05, 3.63) is 58.5 Å². The number of carbonyl (C=O) groups excluding carboxylic acids is 3. The molecular formula is C23H22N2O7S. The van der Waals surface area contributed by atoms with Crippen molar-refractivity contribution in [3.63, 3.8) is 0 Å². The maximum atomic E-state index is 12.7. The number of amides is 3. The van der Waals surface area contributed by atoms with Crippen LogP contribution in [0.25, 0.3) is 6.08 Å². The quantitative estimate of drug-likeness (QED) is 0.534. The fraction of sp³-hybridized carbons (Fsp3) is 0.217. The van der Waals surface area contributed by atoms with Gasteiger partial charge >= 0.3 is 5.97 Å². The number of anilines is 1. The lowest BCUT2D eigenvalue weighted by Crippen LogP contribution is -2.31. The lowest BCUT2D eigenvalue weighted by atomic mass is 10.2. The van der Waals surface area contributed by atoms with Gasteiger partial charge < -0.3 is 19.9 Å². The van der Waals surface area contributed by atoms with Gasteiger partial charge in [-0.3, -0.25) is 19.3 Å². The smallest absolute Gasteiger partial charge is 0.341 e. The monoisotopic (exact) mass is 470 g/mol. The van der Waals surface area contributed by atoms with E-state index in [9.17, 15) is 19.2 Å². The van der Waals surface area contributed by atoms with E-state index in [0.717, 1.165) is 22.2 Å². The summed E-state index contributed by atoms with van der Waals surface area (Å²) in [4.78, 5) is 49.2. The van der Waals surface area contributed by atoms with Crippen LogP contribution in [0, 0.1) is 6.92 Å². The predicted molar refractivity (Wildman–Crippen MR) is 123 cm³/mol. The van der Waals surface area contributed by atoms with Gasteiger partial charge in [-0.1, -0.05) is 24.3 Å². The predicted octanol–water partition coefficient (Wildman–Crippen LogP) is 3.53. The summed E-state index contributed by atoms with van der Waals surface area (Å²) in [5.74, 6) is -1.38. The molecule has 33 heavy (non-hydrogen) atoms. The Balaban J connectivity index is 1.65. The molecule has 1 aliphatic rings. The molecule has 10 heteroatoms. The van der Waals surface area contributed by atoms with Crippen molar-refractivity contribution in [1.82, 2.24) is 4.90 Å². The van der Waals surface area contributed by atoms with E-state index in [1.807, 2.05) is 25.1 Å². The van der Waals surface area contributed by atoms with Crippen molar-refractivity contribution in [2.45, 2.75) is 13.3 Å². The summed E-state index contributed by atoms with van der Waals surface area (Å²) >= 11 is 0.784. The number of para-hydroxylation sites is 1. The largest absolute Gasteiger partial charge is 0.493 e. The number of carbonyl (C=O) groups is 4. The number of carboxylic acid groups (broad SMARTS) is 1. The van der Waals surface area contributed by atoms with Crippen LogP contribution in [0.5, 0.6) is 11.5 Å². The molecule has 0 radical (unpaired) electrons. The van der Waals surface area contributed by atoms with Crippen molar-refractivity contribution in [2.24, 2.45) is 0 Å². The van der Waals surface area contributed by atoms with E-state index in [4.69, 9.17) is 14.6 Å². The Labute approximate surface area is 194 Å². The Morgan fingerprint density at radius 3 is 2.61 bits per heavy atom. The van der Waals surface area contributed by atoms with E-state index < -0.39 is 23.7 Å². The maximum Gasteiger partial charge on any atom is 0.341 e. The number of imide groups is 1. The molecule has 3 rings (SSSR count). The lowest BCUT2D eigenvalue weighted by molar-refractivity contribution is -0.139. The van der Waals surface area contributed by atoms with Gasteiger partial charge in [0.1, 0.15) is 0 Å². The zero-order valence-corrected chi connectivity index (χ0v) is 18.8. The van der Waals surface area contributed by atoms with E-state index in [1.165, 1.54) is 19.3 Å². The molecule has 0 spiro atoms. The number of aryl methyl sites for hydroxylation is 1. The molecule has 0 aliphatic carbocycles. The Hall–Kier alpha value is -3.79. The van der Waals surface area contributed by atoms with Gasteiger partial charge in [0.15, 0.2) is 18.1 Å². The SMILES string of the molecule is COc1cc(C=C2SC(=O)N(CCC(=O)Nc3ccccc3C)C2=O)ccc1OCC(=O)O. The van der Waals surface area contributed by atoms with Crippen molar-refractivity contribution >= 4 is 46.5 Å². The first-order chi connectivity index (χ1) is 15.8. The second-order valence-corrected chi connectivity index (χ2v) is 8.03. The van der Waals surface area contributed by atoms with Gasteiger partial charge in [-0.2, -0.15) is 0 Å². The van der Waals surface area contributed by atoms with Crippen LogP contribution < -0.4 is 14.8 Å². The Kier molecular flexibility index (Phi) is 7.73. The van der Waals surface area contributed by atoms with Crippen LogP contribution in [0.2, 0.25) is 0 Å². The van der Waals surface area contributed by atoms with Crippen LogP contribution in [-0.4, -0.2) is 53.3 Å². The van der Waals surface area contributed by atoms with Gasteiger partial charge in [-0.15, -0.1) is 0 Å². The van der Waals surface area contributed by atoms with Crippen LogP contribution in [-0.2, 0) is 14.4 Å². The molecule has 0 saturated carbocycles. The van der Waals surface area contributed by atoms with Crippen LogP contribution in [0.3, 0.4) is 0 Å². The second-order valence-electron chi connectivity index (χ2n) is 7.04. The average molecular weight is 471 g/mol. The third-order valence-electron chi connectivity index (χ3n) is 4.69. The van der Waals surface area contributed by atoms with Gasteiger partial charge in [-0.05, 0) is 54.1 Å². The van der Waals surface area contributed by atoms with Crippen molar-refractivity contribution in [2.75, 3.05) is 25.6 Å². The standard InChI is InChI=1S/C23H22N2O7S/c1-14-5-3-4-6-16(14)24-20(26)9-10-25-22(29)19(33-23(25)30)12-15-7-8-17(18(11-15)31-2)32-13-21(27)28/h3-8,11-12H,9-10,13H2,1-2H3,(H,24,26)(H,27,28). The number of methoxy groups -OCH3 is 1. The molecule has 2 aromatic carbocycles. The van der Waals surface area contributed by atoms with E-state index in [-0.39, 0.29) is 35.3 Å². The topological polar surface area (TPSA) is 122 Å². The summed E-state index contributed by atoms with van der Waals surface area (Å²) < 4.78 is 10.4. The molecule has 2 aromatic rings.